The molecule has 1 aromatic rings. The minimum atomic E-state index is -4.46. The van der Waals surface area contributed by atoms with Gasteiger partial charge in [-0.15, -0.1) is 0 Å². The first kappa shape index (κ1) is 16.0. The predicted molar refractivity (Wildman–Crippen MR) is 76.7 cm³/mol. The highest BCUT2D eigenvalue weighted by atomic mass is 19.4. The molecule has 2 nitrogen and oxygen atoms in total. The van der Waals surface area contributed by atoms with Crippen LogP contribution in [0.3, 0.4) is 0 Å². The summed E-state index contributed by atoms with van der Waals surface area (Å²) in [7, 11) is 0. The highest BCUT2D eigenvalue weighted by Gasteiger charge is 2.43. The lowest BCUT2D eigenvalue weighted by Crippen LogP contribution is -2.42. The molecule has 0 N–H and O–H groups in total. The molecule has 2 aliphatic carbocycles. The van der Waals surface area contributed by atoms with Crippen molar-refractivity contribution in [3.8, 4) is 0 Å². The van der Waals surface area contributed by atoms with Gasteiger partial charge in [0, 0.05) is 12.5 Å². The second-order valence-corrected chi connectivity index (χ2v) is 6.32. The third kappa shape index (κ3) is 3.74. The predicted octanol–water partition coefficient (Wildman–Crippen LogP) is 3.93. The van der Waals surface area contributed by atoms with Crippen LogP contribution in [0.15, 0.2) is 36.4 Å². The molecular formula is C17H17F4NO. The van der Waals surface area contributed by atoms with E-state index in [0.717, 1.165) is 11.3 Å². The molecule has 1 amide bonds. The third-order valence-corrected chi connectivity index (χ3v) is 4.56. The molecular weight excluding hydrogens is 310 g/mol. The maximum atomic E-state index is 12.9. The molecule has 0 radical (unpaired) electrons. The first-order chi connectivity index (χ1) is 10.8. The normalized spacial score (nSPS) is 25.8. The molecule has 3 atom stereocenters. The third-order valence-electron chi connectivity index (χ3n) is 4.56. The summed E-state index contributed by atoms with van der Waals surface area (Å²) in [6.07, 6.45) is 1.01. The van der Waals surface area contributed by atoms with Crippen molar-refractivity contribution in [3.05, 3.63) is 47.8 Å². The summed E-state index contributed by atoms with van der Waals surface area (Å²) in [6.45, 7) is -1.43. The molecule has 6 heteroatoms. The summed E-state index contributed by atoms with van der Waals surface area (Å²) in [6, 6.07) is 5.19. The van der Waals surface area contributed by atoms with E-state index in [4.69, 9.17) is 0 Å². The number of nitrogens with zero attached hydrogens (tertiary/aromatic N) is 1. The van der Waals surface area contributed by atoms with Crippen LogP contribution in [-0.4, -0.2) is 23.5 Å². The Morgan fingerprint density at radius 1 is 1.13 bits per heavy atom. The van der Waals surface area contributed by atoms with E-state index in [2.05, 4.69) is 0 Å². The smallest absolute Gasteiger partial charge is 0.329 e. The van der Waals surface area contributed by atoms with Gasteiger partial charge in [-0.1, -0.05) is 24.3 Å². The van der Waals surface area contributed by atoms with E-state index in [1.54, 1.807) is 0 Å². The first-order valence-corrected chi connectivity index (χ1v) is 7.60. The van der Waals surface area contributed by atoms with E-state index in [0.29, 0.717) is 17.9 Å². The number of carbonyl (C=O) groups is 1. The van der Waals surface area contributed by atoms with Crippen molar-refractivity contribution in [2.75, 3.05) is 6.54 Å². The summed E-state index contributed by atoms with van der Waals surface area (Å²) in [4.78, 5) is 13.5. The van der Waals surface area contributed by atoms with E-state index >= 15 is 0 Å². The first-order valence-electron chi connectivity index (χ1n) is 7.60. The fourth-order valence-electron chi connectivity index (χ4n) is 3.54. The quantitative estimate of drug-likeness (QED) is 0.606. The molecule has 0 spiro atoms. The van der Waals surface area contributed by atoms with Crippen molar-refractivity contribution in [3.63, 3.8) is 0 Å². The van der Waals surface area contributed by atoms with Crippen molar-refractivity contribution >= 4 is 5.91 Å². The van der Waals surface area contributed by atoms with E-state index in [1.807, 2.05) is 12.2 Å². The highest BCUT2D eigenvalue weighted by Crippen LogP contribution is 2.44. The SMILES string of the molecule is O=C(C1CC2C=CC1C2)N(Cc1ccc(F)cc1)CC(F)(F)F. The van der Waals surface area contributed by atoms with Crippen LogP contribution in [0.2, 0.25) is 0 Å². The largest absolute Gasteiger partial charge is 0.406 e. The van der Waals surface area contributed by atoms with Crippen molar-refractivity contribution in [2.24, 2.45) is 17.8 Å². The van der Waals surface area contributed by atoms with Crippen molar-refractivity contribution in [2.45, 2.75) is 25.6 Å². The topological polar surface area (TPSA) is 20.3 Å². The number of carbonyl (C=O) groups excluding carboxylic acids is 1. The molecule has 124 valence electrons. The summed E-state index contributed by atoms with van der Waals surface area (Å²) in [5.41, 5.74) is 0.489. The fraction of sp³-hybridized carbons (Fsp3) is 0.471. The number of halogens is 4. The summed E-state index contributed by atoms with van der Waals surface area (Å²) in [5, 5.41) is 0. The van der Waals surface area contributed by atoms with Gasteiger partial charge in [0.25, 0.3) is 0 Å². The molecule has 3 rings (SSSR count). The summed E-state index contributed by atoms with van der Waals surface area (Å²) >= 11 is 0. The van der Waals surface area contributed by atoms with Crippen molar-refractivity contribution < 1.29 is 22.4 Å². The lowest BCUT2D eigenvalue weighted by Gasteiger charge is -2.29. The van der Waals surface area contributed by atoms with Gasteiger partial charge in [-0.2, -0.15) is 13.2 Å². The van der Waals surface area contributed by atoms with Crippen LogP contribution in [-0.2, 0) is 11.3 Å². The van der Waals surface area contributed by atoms with E-state index in [9.17, 15) is 22.4 Å². The van der Waals surface area contributed by atoms with Crippen LogP contribution >= 0.6 is 0 Å². The Morgan fingerprint density at radius 3 is 2.35 bits per heavy atom. The average molecular weight is 327 g/mol. The zero-order chi connectivity index (χ0) is 16.6. The summed E-state index contributed by atoms with van der Waals surface area (Å²) in [5.74, 6) is -0.916. The number of benzene rings is 1. The molecule has 1 fully saturated rings. The van der Waals surface area contributed by atoms with Crippen LogP contribution in [0.25, 0.3) is 0 Å². The molecule has 0 saturated heterocycles. The van der Waals surface area contributed by atoms with Gasteiger partial charge in [0.2, 0.25) is 5.91 Å². The second-order valence-electron chi connectivity index (χ2n) is 6.32. The number of hydrogen-bond donors (Lipinski definition) is 0. The van der Waals surface area contributed by atoms with Gasteiger partial charge in [0.15, 0.2) is 0 Å². The van der Waals surface area contributed by atoms with Gasteiger partial charge in [-0.25, -0.2) is 4.39 Å². The maximum absolute atomic E-state index is 12.9. The van der Waals surface area contributed by atoms with Gasteiger partial charge in [-0.05, 0) is 42.4 Å². The Bertz CT molecular complexity index is 608. The number of fused-ring (bicyclic) bond motifs is 2. The molecule has 1 aromatic carbocycles. The van der Waals surface area contributed by atoms with Crippen LogP contribution in [0.4, 0.5) is 17.6 Å². The molecule has 0 aliphatic heterocycles. The average Bonchev–Trinajstić information content (AvgIpc) is 3.09. The van der Waals surface area contributed by atoms with Crippen LogP contribution in [0.5, 0.6) is 0 Å². The molecule has 23 heavy (non-hydrogen) atoms. The van der Waals surface area contributed by atoms with Crippen LogP contribution < -0.4 is 0 Å². The molecule has 3 unspecified atom stereocenters. The number of allylic oxidation sites excluding steroid dienone is 2. The molecule has 0 heterocycles. The Balaban J connectivity index is 1.76. The van der Waals surface area contributed by atoms with Gasteiger partial charge in [-0.3, -0.25) is 4.79 Å². The maximum Gasteiger partial charge on any atom is 0.406 e. The highest BCUT2D eigenvalue weighted by molar-refractivity contribution is 5.80. The zero-order valence-corrected chi connectivity index (χ0v) is 12.4. The van der Waals surface area contributed by atoms with E-state index in [1.165, 1.54) is 24.3 Å². The van der Waals surface area contributed by atoms with Crippen LogP contribution in [0.1, 0.15) is 18.4 Å². The van der Waals surface area contributed by atoms with Gasteiger partial charge >= 0.3 is 6.18 Å². The van der Waals surface area contributed by atoms with Gasteiger partial charge in [0.05, 0.1) is 0 Å². The minimum absolute atomic E-state index is 0.0523. The Hall–Kier alpha value is -1.85. The molecule has 2 bridgehead atoms. The Kier molecular flexibility index (Phi) is 4.17. The van der Waals surface area contributed by atoms with Crippen LogP contribution in [0, 0.1) is 23.6 Å². The summed E-state index contributed by atoms with van der Waals surface area (Å²) < 4.78 is 51.5. The Labute approximate surface area is 131 Å². The van der Waals surface area contributed by atoms with Crippen molar-refractivity contribution in [1.82, 2.24) is 4.90 Å². The lowest BCUT2D eigenvalue weighted by molar-refractivity contribution is -0.165. The Morgan fingerprint density at radius 2 is 1.83 bits per heavy atom. The monoisotopic (exact) mass is 327 g/mol. The minimum Gasteiger partial charge on any atom is -0.329 e. The molecule has 1 saturated carbocycles. The standard InChI is InChI=1S/C17H17F4NO/c18-14-5-2-11(3-6-14)9-22(10-17(19,20)21)16(23)15-8-12-1-4-13(15)7-12/h1-6,12-13,15H,7-10H2. The van der Waals surface area contributed by atoms with Gasteiger partial charge < -0.3 is 4.90 Å². The number of alkyl halides is 3. The number of hydrogen-bond acceptors (Lipinski definition) is 1. The number of rotatable bonds is 4. The zero-order valence-electron chi connectivity index (χ0n) is 12.4. The van der Waals surface area contributed by atoms with Gasteiger partial charge in [0.1, 0.15) is 12.4 Å². The fourth-order valence-corrected chi connectivity index (χ4v) is 3.54. The second kappa shape index (κ2) is 5.98. The van der Waals surface area contributed by atoms with E-state index < -0.39 is 24.4 Å². The van der Waals surface area contributed by atoms with Crippen molar-refractivity contribution in [1.29, 1.82) is 0 Å². The van der Waals surface area contributed by atoms with E-state index in [-0.39, 0.29) is 18.4 Å². The number of amides is 1. The lowest BCUT2D eigenvalue weighted by atomic mass is 9.92. The molecule has 2 aliphatic rings. The molecule has 0 aromatic heterocycles.